The molecule has 0 radical (unpaired) electrons. The highest BCUT2D eigenvalue weighted by Crippen LogP contribution is 2.34. The van der Waals surface area contributed by atoms with Gasteiger partial charge in [-0.25, -0.2) is 0 Å². The molecule has 0 aliphatic carbocycles. The number of ether oxygens (including phenoxy) is 1. The highest BCUT2D eigenvalue weighted by molar-refractivity contribution is 6.31. The van der Waals surface area contributed by atoms with Crippen LogP contribution in [0.3, 0.4) is 0 Å². The SMILES string of the molecule is COC(=O)Cc1cc(C(F)(F)F)c(C#N)cc1Cl. The first-order chi connectivity index (χ1) is 8.29. The van der Waals surface area contributed by atoms with Gasteiger partial charge in [0, 0.05) is 5.02 Å². The van der Waals surface area contributed by atoms with E-state index in [-0.39, 0.29) is 17.0 Å². The van der Waals surface area contributed by atoms with Crippen molar-refractivity contribution in [3.63, 3.8) is 0 Å². The maximum absolute atomic E-state index is 12.7. The van der Waals surface area contributed by atoms with E-state index in [9.17, 15) is 18.0 Å². The first kappa shape index (κ1) is 14.3. The lowest BCUT2D eigenvalue weighted by Crippen LogP contribution is -2.11. The molecule has 0 fully saturated rings. The fourth-order valence-corrected chi connectivity index (χ4v) is 1.54. The van der Waals surface area contributed by atoms with Crippen molar-refractivity contribution >= 4 is 17.6 Å². The average Bonchev–Trinajstić information content (AvgIpc) is 2.29. The van der Waals surface area contributed by atoms with E-state index in [0.29, 0.717) is 6.07 Å². The predicted molar refractivity (Wildman–Crippen MR) is 56.9 cm³/mol. The van der Waals surface area contributed by atoms with Crippen molar-refractivity contribution in [3.05, 3.63) is 33.8 Å². The van der Waals surface area contributed by atoms with Gasteiger partial charge in [0.05, 0.1) is 30.7 Å². The summed E-state index contributed by atoms with van der Waals surface area (Å²) in [7, 11) is 1.12. The van der Waals surface area contributed by atoms with Crippen LogP contribution in [0.2, 0.25) is 5.02 Å². The zero-order valence-electron chi connectivity index (χ0n) is 9.14. The van der Waals surface area contributed by atoms with Gasteiger partial charge in [0.15, 0.2) is 0 Å². The Morgan fingerprint density at radius 2 is 2.11 bits per heavy atom. The number of nitriles is 1. The molecule has 1 rings (SSSR count). The zero-order chi connectivity index (χ0) is 13.9. The minimum atomic E-state index is -4.68. The van der Waals surface area contributed by atoms with Gasteiger partial charge in [-0.05, 0) is 17.7 Å². The highest BCUT2D eigenvalue weighted by Gasteiger charge is 2.34. The minimum absolute atomic E-state index is 0.0326. The van der Waals surface area contributed by atoms with E-state index in [4.69, 9.17) is 16.9 Å². The van der Waals surface area contributed by atoms with Gasteiger partial charge in [0.2, 0.25) is 0 Å². The smallest absolute Gasteiger partial charge is 0.417 e. The number of hydrogen-bond acceptors (Lipinski definition) is 3. The van der Waals surface area contributed by atoms with E-state index >= 15 is 0 Å². The normalized spacial score (nSPS) is 10.9. The van der Waals surface area contributed by atoms with Crippen molar-refractivity contribution < 1.29 is 22.7 Å². The number of benzene rings is 1. The van der Waals surface area contributed by atoms with E-state index in [1.807, 2.05) is 0 Å². The van der Waals surface area contributed by atoms with Crippen molar-refractivity contribution in [3.8, 4) is 6.07 Å². The summed E-state index contributed by atoms with van der Waals surface area (Å²) < 4.78 is 42.3. The van der Waals surface area contributed by atoms with Gasteiger partial charge >= 0.3 is 12.1 Å². The lowest BCUT2D eigenvalue weighted by molar-refractivity contribution is -0.140. The molecule has 0 bridgehead atoms. The lowest BCUT2D eigenvalue weighted by atomic mass is 10.0. The van der Waals surface area contributed by atoms with Crippen LogP contribution in [0.4, 0.5) is 13.2 Å². The van der Waals surface area contributed by atoms with E-state index in [1.165, 1.54) is 6.07 Å². The van der Waals surface area contributed by atoms with E-state index in [2.05, 4.69) is 4.74 Å². The number of rotatable bonds is 2. The molecule has 0 aliphatic heterocycles. The van der Waals surface area contributed by atoms with Crippen molar-refractivity contribution in [2.45, 2.75) is 12.6 Å². The monoisotopic (exact) mass is 277 g/mol. The van der Waals surface area contributed by atoms with Crippen LogP contribution in [0, 0.1) is 11.3 Å². The molecule has 0 amide bonds. The maximum Gasteiger partial charge on any atom is 0.417 e. The van der Waals surface area contributed by atoms with Crippen molar-refractivity contribution in [1.29, 1.82) is 5.26 Å². The molecule has 0 N–H and O–H groups in total. The second-order valence-electron chi connectivity index (χ2n) is 3.35. The van der Waals surface area contributed by atoms with Crippen LogP contribution < -0.4 is 0 Å². The first-order valence-corrected chi connectivity index (χ1v) is 5.04. The molecule has 7 heteroatoms. The van der Waals surface area contributed by atoms with Gasteiger partial charge in [0.25, 0.3) is 0 Å². The van der Waals surface area contributed by atoms with Gasteiger partial charge in [-0.15, -0.1) is 0 Å². The number of alkyl halides is 3. The molecule has 1 aromatic carbocycles. The standard InChI is InChI=1S/C11H7ClF3NO2/c1-18-10(17)4-6-2-8(11(13,14)15)7(5-16)3-9(6)12/h2-3H,4H2,1H3. The van der Waals surface area contributed by atoms with Crippen LogP contribution in [0.5, 0.6) is 0 Å². The fraction of sp³-hybridized carbons (Fsp3) is 0.273. The van der Waals surface area contributed by atoms with E-state index in [1.54, 1.807) is 0 Å². The van der Waals surface area contributed by atoms with Gasteiger partial charge in [-0.1, -0.05) is 11.6 Å². The predicted octanol–water partition coefficient (Wildman–Crippen LogP) is 2.95. The number of nitrogens with zero attached hydrogens (tertiary/aromatic N) is 1. The molecule has 0 spiro atoms. The van der Waals surface area contributed by atoms with Gasteiger partial charge in [0.1, 0.15) is 0 Å². The second-order valence-corrected chi connectivity index (χ2v) is 3.76. The van der Waals surface area contributed by atoms with Crippen LogP contribution in [-0.4, -0.2) is 13.1 Å². The first-order valence-electron chi connectivity index (χ1n) is 4.66. The topological polar surface area (TPSA) is 50.1 Å². The lowest BCUT2D eigenvalue weighted by Gasteiger charge is -2.12. The summed E-state index contributed by atoms with van der Waals surface area (Å²) in [5, 5.41) is 8.55. The molecule has 0 aliphatic rings. The van der Waals surface area contributed by atoms with Crippen molar-refractivity contribution in [1.82, 2.24) is 0 Å². The van der Waals surface area contributed by atoms with Crippen LogP contribution in [0.1, 0.15) is 16.7 Å². The van der Waals surface area contributed by atoms with Gasteiger partial charge in [-0.2, -0.15) is 18.4 Å². The number of methoxy groups -OCH3 is 1. The third-order valence-corrected chi connectivity index (χ3v) is 2.53. The molecular weight excluding hydrogens is 271 g/mol. The van der Waals surface area contributed by atoms with Crippen LogP contribution in [-0.2, 0) is 22.1 Å². The summed E-state index contributed by atoms with van der Waals surface area (Å²) in [4.78, 5) is 11.0. The van der Waals surface area contributed by atoms with E-state index in [0.717, 1.165) is 13.2 Å². The molecule has 3 nitrogen and oxygen atoms in total. The van der Waals surface area contributed by atoms with E-state index < -0.39 is 23.3 Å². The number of carbonyl (C=O) groups is 1. The molecule has 0 aromatic heterocycles. The Hall–Kier alpha value is -1.74. The maximum atomic E-state index is 12.7. The second kappa shape index (κ2) is 5.27. The number of esters is 1. The molecule has 0 atom stereocenters. The summed E-state index contributed by atoms with van der Waals surface area (Å²) >= 11 is 5.71. The van der Waals surface area contributed by atoms with Crippen molar-refractivity contribution in [2.24, 2.45) is 0 Å². The molecule has 0 saturated carbocycles. The summed E-state index contributed by atoms with van der Waals surface area (Å²) in [6, 6.07) is 3.00. The van der Waals surface area contributed by atoms with Crippen molar-refractivity contribution in [2.75, 3.05) is 7.11 Å². The molecule has 0 heterocycles. The Morgan fingerprint density at radius 3 is 2.56 bits per heavy atom. The summed E-state index contributed by atoms with van der Waals surface area (Å²) in [5.74, 6) is -0.713. The van der Waals surface area contributed by atoms with Gasteiger partial charge in [-0.3, -0.25) is 4.79 Å². The average molecular weight is 278 g/mol. The fourth-order valence-electron chi connectivity index (χ4n) is 1.31. The van der Waals surface area contributed by atoms with Crippen LogP contribution in [0.25, 0.3) is 0 Å². The molecule has 18 heavy (non-hydrogen) atoms. The summed E-state index contributed by atoms with van der Waals surface area (Å²) in [6.45, 7) is 0. The third-order valence-electron chi connectivity index (χ3n) is 2.17. The minimum Gasteiger partial charge on any atom is -0.469 e. The van der Waals surface area contributed by atoms with Crippen LogP contribution in [0.15, 0.2) is 12.1 Å². The quantitative estimate of drug-likeness (QED) is 0.781. The number of halogens is 4. The number of carbonyl (C=O) groups excluding carboxylic acids is 1. The Bertz CT molecular complexity index is 520. The molecule has 96 valence electrons. The molecule has 0 saturated heterocycles. The van der Waals surface area contributed by atoms with Crippen LogP contribution >= 0.6 is 11.6 Å². The Morgan fingerprint density at radius 1 is 1.50 bits per heavy atom. The molecule has 1 aromatic rings. The number of hydrogen-bond donors (Lipinski definition) is 0. The molecular formula is C11H7ClF3NO2. The summed E-state index contributed by atoms with van der Waals surface area (Å²) in [5.41, 5.74) is -1.73. The Labute approximate surface area is 106 Å². The highest BCUT2D eigenvalue weighted by atomic mass is 35.5. The summed E-state index contributed by atoms with van der Waals surface area (Å²) in [6.07, 6.45) is -5.06. The zero-order valence-corrected chi connectivity index (χ0v) is 9.89. The Balaban J connectivity index is 3.32. The third kappa shape index (κ3) is 3.14. The van der Waals surface area contributed by atoms with Gasteiger partial charge < -0.3 is 4.74 Å². The molecule has 0 unspecified atom stereocenters. The Kier molecular flexibility index (Phi) is 4.19. The largest absolute Gasteiger partial charge is 0.469 e.